The second-order valence-corrected chi connectivity index (χ2v) is 7.18. The van der Waals surface area contributed by atoms with Crippen molar-refractivity contribution in [3.8, 4) is 5.75 Å². The number of rotatable bonds is 6. The van der Waals surface area contributed by atoms with E-state index >= 15 is 0 Å². The highest BCUT2D eigenvalue weighted by molar-refractivity contribution is 6.35. The second-order valence-electron chi connectivity index (χ2n) is 6.37. The van der Waals surface area contributed by atoms with E-state index in [1.54, 1.807) is 31.9 Å². The van der Waals surface area contributed by atoms with Gasteiger partial charge in [-0.2, -0.15) is 10.2 Å². The molecule has 4 aromatic rings. The van der Waals surface area contributed by atoms with E-state index in [0.717, 1.165) is 21.9 Å². The quantitative estimate of drug-likeness (QED) is 0.399. The number of fused-ring (bicyclic) bond motifs is 1. The number of hydrogen-bond donors (Lipinski definition) is 0. The third-order valence-electron chi connectivity index (χ3n) is 4.63. The van der Waals surface area contributed by atoms with E-state index in [1.807, 2.05) is 42.5 Å². The molecule has 146 valence electrons. The highest BCUT2D eigenvalue weighted by Crippen LogP contribution is 2.43. The van der Waals surface area contributed by atoms with Gasteiger partial charge in [0, 0.05) is 34.3 Å². The molecule has 0 N–H and O–H groups in total. The summed E-state index contributed by atoms with van der Waals surface area (Å²) in [6, 6.07) is 13.7. The summed E-state index contributed by atoms with van der Waals surface area (Å²) < 4.78 is 12.0. The van der Waals surface area contributed by atoms with Gasteiger partial charge >= 0.3 is 0 Å². The number of aromatic nitrogens is 3. The molecule has 29 heavy (non-hydrogen) atoms. The molecule has 0 aliphatic rings. The maximum atomic E-state index is 6.51. The van der Waals surface area contributed by atoms with Crippen molar-refractivity contribution in [3.63, 3.8) is 0 Å². The Kier molecular flexibility index (Phi) is 5.90. The molecule has 0 saturated carbocycles. The zero-order chi connectivity index (χ0) is 20.2. The van der Waals surface area contributed by atoms with Gasteiger partial charge in [0.05, 0.1) is 36.2 Å². The molecule has 1 unspecified atom stereocenters. The maximum Gasteiger partial charge on any atom is 0.125 e. The zero-order valence-corrected chi connectivity index (χ0v) is 17.1. The van der Waals surface area contributed by atoms with Gasteiger partial charge in [0.2, 0.25) is 0 Å². The van der Waals surface area contributed by atoms with Crippen LogP contribution >= 0.6 is 23.2 Å². The molecule has 0 saturated heterocycles. The summed E-state index contributed by atoms with van der Waals surface area (Å²) in [5.74, 6) is 0.646. The molecule has 0 amide bonds. The summed E-state index contributed by atoms with van der Waals surface area (Å²) in [4.78, 5) is 4.07. The molecule has 0 fully saturated rings. The van der Waals surface area contributed by atoms with Crippen molar-refractivity contribution >= 4 is 34.0 Å². The van der Waals surface area contributed by atoms with Gasteiger partial charge < -0.3 is 9.47 Å². The highest BCUT2D eigenvalue weighted by atomic mass is 35.5. The van der Waals surface area contributed by atoms with Gasteiger partial charge in [0.25, 0.3) is 0 Å². The lowest BCUT2D eigenvalue weighted by molar-refractivity contribution is 0.0661. The Morgan fingerprint density at radius 1 is 0.862 bits per heavy atom. The summed E-state index contributed by atoms with van der Waals surface area (Å²) in [6.07, 6.45) is 5.90. The van der Waals surface area contributed by atoms with Gasteiger partial charge in [-0.1, -0.05) is 53.5 Å². The average molecular weight is 426 g/mol. The number of halogens is 2. The van der Waals surface area contributed by atoms with Crippen molar-refractivity contribution in [2.45, 2.75) is 12.7 Å². The first-order valence-electron chi connectivity index (χ1n) is 8.90. The van der Waals surface area contributed by atoms with Crippen molar-refractivity contribution in [2.24, 2.45) is 0 Å². The largest absolute Gasteiger partial charge is 0.496 e. The van der Waals surface area contributed by atoms with Crippen LogP contribution in [0.1, 0.15) is 22.8 Å². The van der Waals surface area contributed by atoms with Gasteiger partial charge in [0.1, 0.15) is 11.9 Å². The molecular formula is C22H17Cl2N3O2. The van der Waals surface area contributed by atoms with Crippen LogP contribution in [0, 0.1) is 0 Å². The smallest absolute Gasteiger partial charge is 0.125 e. The molecule has 1 atom stereocenters. The lowest BCUT2D eigenvalue weighted by Crippen LogP contribution is -2.11. The molecule has 0 radical (unpaired) electrons. The van der Waals surface area contributed by atoms with Crippen LogP contribution in [0.3, 0.4) is 0 Å². The molecule has 0 bridgehead atoms. The molecule has 7 heteroatoms. The number of hydrogen-bond acceptors (Lipinski definition) is 5. The first-order valence-corrected chi connectivity index (χ1v) is 9.66. The highest BCUT2D eigenvalue weighted by Gasteiger charge is 2.27. The Labute approximate surface area is 178 Å². The number of ether oxygens (including phenoxy) is 2. The van der Waals surface area contributed by atoms with Gasteiger partial charge in [-0.15, -0.1) is 0 Å². The van der Waals surface area contributed by atoms with Crippen LogP contribution in [0.4, 0.5) is 0 Å². The average Bonchev–Trinajstić information content (AvgIpc) is 2.76. The van der Waals surface area contributed by atoms with Gasteiger partial charge in [-0.3, -0.25) is 4.98 Å². The lowest BCUT2D eigenvalue weighted by atomic mass is 9.96. The van der Waals surface area contributed by atoms with E-state index in [1.165, 1.54) is 0 Å². The predicted octanol–water partition coefficient (Wildman–Crippen LogP) is 5.65. The van der Waals surface area contributed by atoms with E-state index in [2.05, 4.69) is 15.2 Å². The van der Waals surface area contributed by atoms with Crippen molar-refractivity contribution in [2.75, 3.05) is 7.11 Å². The fourth-order valence-electron chi connectivity index (χ4n) is 3.26. The number of methoxy groups -OCH3 is 1. The van der Waals surface area contributed by atoms with Crippen molar-refractivity contribution < 1.29 is 9.47 Å². The predicted molar refractivity (Wildman–Crippen MR) is 113 cm³/mol. The Hall–Kier alpha value is -2.73. The Bertz CT molecular complexity index is 1120. The van der Waals surface area contributed by atoms with E-state index < -0.39 is 6.10 Å². The van der Waals surface area contributed by atoms with E-state index in [4.69, 9.17) is 32.7 Å². The summed E-state index contributed by atoms with van der Waals surface area (Å²) in [7, 11) is 1.61. The van der Waals surface area contributed by atoms with Crippen molar-refractivity contribution in [1.82, 2.24) is 15.2 Å². The number of nitrogens with zero attached hydrogens (tertiary/aromatic N) is 3. The first kappa shape index (κ1) is 19.6. The number of pyridine rings is 1. The Morgan fingerprint density at radius 2 is 1.59 bits per heavy atom. The first-order chi connectivity index (χ1) is 14.2. The van der Waals surface area contributed by atoms with Crippen LogP contribution in [0.5, 0.6) is 5.75 Å². The van der Waals surface area contributed by atoms with E-state index in [9.17, 15) is 0 Å². The molecule has 0 spiro atoms. The SMILES string of the molecule is COc1ccc2cnncc2c1C(OCc1ccccc1)c1c(Cl)cncc1Cl. The molecule has 0 aliphatic carbocycles. The van der Waals surface area contributed by atoms with Crippen molar-refractivity contribution in [3.05, 3.63) is 94.0 Å². The summed E-state index contributed by atoms with van der Waals surface area (Å²) in [6.45, 7) is 0.360. The van der Waals surface area contributed by atoms with Crippen LogP contribution in [0.25, 0.3) is 10.8 Å². The van der Waals surface area contributed by atoms with Crippen LogP contribution in [-0.4, -0.2) is 22.3 Å². The molecular weight excluding hydrogens is 409 g/mol. The van der Waals surface area contributed by atoms with Crippen LogP contribution < -0.4 is 4.74 Å². The monoisotopic (exact) mass is 425 g/mol. The van der Waals surface area contributed by atoms with Gasteiger partial charge in [-0.05, 0) is 17.7 Å². The molecule has 5 nitrogen and oxygen atoms in total. The second kappa shape index (κ2) is 8.74. The van der Waals surface area contributed by atoms with Crippen LogP contribution in [-0.2, 0) is 11.3 Å². The minimum atomic E-state index is -0.596. The molecule has 2 heterocycles. The van der Waals surface area contributed by atoms with Crippen molar-refractivity contribution in [1.29, 1.82) is 0 Å². The number of benzene rings is 2. The molecule has 2 aromatic heterocycles. The summed E-state index contributed by atoms with van der Waals surface area (Å²) >= 11 is 13.0. The third kappa shape index (κ3) is 4.03. The summed E-state index contributed by atoms with van der Waals surface area (Å²) in [5, 5.41) is 10.6. The van der Waals surface area contributed by atoms with Gasteiger partial charge in [0.15, 0.2) is 0 Å². The molecule has 0 aliphatic heterocycles. The fourth-order valence-corrected chi connectivity index (χ4v) is 3.82. The maximum absolute atomic E-state index is 6.51. The molecule has 2 aromatic carbocycles. The van der Waals surface area contributed by atoms with Gasteiger partial charge in [-0.25, -0.2) is 0 Å². The third-order valence-corrected chi connectivity index (χ3v) is 5.23. The standard InChI is InChI=1S/C22H17Cl2N3O2/c1-28-19-8-7-15-9-26-27-10-16(15)20(19)22(21-17(23)11-25-12-18(21)24)29-13-14-5-3-2-4-6-14/h2-12,22H,13H2,1H3. The minimum Gasteiger partial charge on any atom is -0.496 e. The lowest BCUT2D eigenvalue weighted by Gasteiger charge is -2.24. The molecule has 4 rings (SSSR count). The Balaban J connectivity index is 1.90. The summed E-state index contributed by atoms with van der Waals surface area (Å²) in [5.41, 5.74) is 2.44. The normalized spacial score (nSPS) is 12.1. The van der Waals surface area contributed by atoms with Crippen LogP contribution in [0.15, 0.2) is 67.3 Å². The topological polar surface area (TPSA) is 57.1 Å². The van der Waals surface area contributed by atoms with E-state index in [0.29, 0.717) is 28.0 Å². The minimum absolute atomic E-state index is 0.360. The fraction of sp³-hybridized carbons (Fsp3) is 0.136. The van der Waals surface area contributed by atoms with Crippen LogP contribution in [0.2, 0.25) is 10.0 Å². The Morgan fingerprint density at radius 3 is 2.31 bits per heavy atom. The van der Waals surface area contributed by atoms with E-state index in [-0.39, 0.29) is 0 Å². The zero-order valence-electron chi connectivity index (χ0n) is 15.5.